The number of hydrogen-bond donors (Lipinski definition) is 0. The molecular weight excluding hydrogens is 189 g/mol. The van der Waals surface area contributed by atoms with Crippen molar-refractivity contribution < 1.29 is 4.39 Å². The fraction of sp³-hybridized carbons (Fsp3) is 0.400. The second-order valence-electron chi connectivity index (χ2n) is 3.26. The van der Waals surface area contributed by atoms with Crippen LogP contribution in [0.5, 0.6) is 0 Å². The molecule has 0 N–H and O–H groups in total. The summed E-state index contributed by atoms with van der Waals surface area (Å²) in [7, 11) is 0. The normalized spacial score (nSPS) is 16.1. The van der Waals surface area contributed by atoms with Gasteiger partial charge in [0.15, 0.2) is 0 Å². The first kappa shape index (κ1) is 10.5. The summed E-state index contributed by atoms with van der Waals surface area (Å²) in [6.45, 7) is 3.23. The lowest BCUT2D eigenvalue weighted by Crippen LogP contribution is -2.36. The number of benzene rings is 1. The van der Waals surface area contributed by atoms with Crippen LogP contribution in [-0.4, -0.2) is 18.0 Å². The fourth-order valence-corrected chi connectivity index (χ4v) is 1.43. The molecule has 2 rings (SSSR count). The number of rotatable bonds is 2. The molecule has 0 saturated carbocycles. The first-order valence-electron chi connectivity index (χ1n) is 4.31. The summed E-state index contributed by atoms with van der Waals surface area (Å²) in [4.78, 5) is 2.31. The summed E-state index contributed by atoms with van der Waals surface area (Å²) in [5.74, 6) is -0.131. The van der Waals surface area contributed by atoms with E-state index >= 15 is 0 Å². The van der Waals surface area contributed by atoms with Gasteiger partial charge in [0.2, 0.25) is 0 Å². The van der Waals surface area contributed by atoms with Crippen LogP contribution in [0.4, 0.5) is 4.39 Å². The Bertz CT molecular complexity index is 273. The van der Waals surface area contributed by atoms with E-state index in [-0.39, 0.29) is 18.2 Å². The van der Waals surface area contributed by atoms with Crippen LogP contribution in [0.3, 0.4) is 0 Å². The molecule has 0 bridgehead atoms. The molecule has 1 fully saturated rings. The van der Waals surface area contributed by atoms with Gasteiger partial charge < -0.3 is 0 Å². The Morgan fingerprint density at radius 3 is 2.62 bits per heavy atom. The number of halogens is 2. The predicted octanol–water partition coefficient (Wildman–Crippen LogP) is 2.45. The molecule has 1 nitrogen and oxygen atoms in total. The van der Waals surface area contributed by atoms with Gasteiger partial charge in [0.05, 0.1) is 0 Å². The molecule has 1 aliphatic rings. The van der Waals surface area contributed by atoms with Crippen LogP contribution in [0, 0.1) is 5.82 Å². The maximum absolute atomic E-state index is 12.7. The highest BCUT2D eigenvalue weighted by Crippen LogP contribution is 2.12. The first-order chi connectivity index (χ1) is 5.84. The molecule has 0 radical (unpaired) electrons. The van der Waals surface area contributed by atoms with Crippen LogP contribution in [0.1, 0.15) is 12.0 Å². The lowest BCUT2D eigenvalue weighted by Gasteiger charge is -2.30. The van der Waals surface area contributed by atoms with E-state index in [0.29, 0.717) is 0 Å². The summed E-state index contributed by atoms with van der Waals surface area (Å²) >= 11 is 0. The molecule has 1 saturated heterocycles. The van der Waals surface area contributed by atoms with Gasteiger partial charge in [-0.1, -0.05) is 12.1 Å². The van der Waals surface area contributed by atoms with Crippen molar-refractivity contribution >= 4 is 12.4 Å². The van der Waals surface area contributed by atoms with Crippen LogP contribution in [-0.2, 0) is 6.54 Å². The van der Waals surface area contributed by atoms with Crippen molar-refractivity contribution in [2.75, 3.05) is 13.1 Å². The van der Waals surface area contributed by atoms with Crippen LogP contribution in [0.2, 0.25) is 0 Å². The van der Waals surface area contributed by atoms with Crippen molar-refractivity contribution in [3.8, 4) is 0 Å². The van der Waals surface area contributed by atoms with E-state index in [1.807, 2.05) is 6.07 Å². The largest absolute Gasteiger partial charge is 0.299 e. The van der Waals surface area contributed by atoms with Crippen molar-refractivity contribution in [1.82, 2.24) is 4.90 Å². The highest BCUT2D eigenvalue weighted by atomic mass is 35.5. The molecule has 1 aliphatic heterocycles. The SMILES string of the molecule is Cl.Fc1cccc(CN2CCC2)c1. The molecule has 0 unspecified atom stereocenters. The fourth-order valence-electron chi connectivity index (χ4n) is 1.43. The maximum Gasteiger partial charge on any atom is 0.123 e. The third kappa shape index (κ3) is 2.68. The molecule has 1 aromatic carbocycles. The Morgan fingerprint density at radius 2 is 2.08 bits per heavy atom. The number of hydrogen-bond acceptors (Lipinski definition) is 1. The molecule has 0 spiro atoms. The average Bonchev–Trinajstić information content (AvgIpc) is 1.97. The molecule has 0 aliphatic carbocycles. The van der Waals surface area contributed by atoms with E-state index < -0.39 is 0 Å². The highest BCUT2D eigenvalue weighted by molar-refractivity contribution is 5.85. The van der Waals surface area contributed by atoms with E-state index in [1.165, 1.54) is 12.5 Å². The van der Waals surface area contributed by atoms with Gasteiger partial charge in [-0.15, -0.1) is 12.4 Å². The quantitative estimate of drug-likeness (QED) is 0.711. The van der Waals surface area contributed by atoms with Crippen molar-refractivity contribution in [3.63, 3.8) is 0 Å². The van der Waals surface area contributed by atoms with Gasteiger partial charge in [-0.3, -0.25) is 4.90 Å². The highest BCUT2D eigenvalue weighted by Gasteiger charge is 2.13. The van der Waals surface area contributed by atoms with Crippen LogP contribution in [0.25, 0.3) is 0 Å². The van der Waals surface area contributed by atoms with Crippen molar-refractivity contribution in [2.45, 2.75) is 13.0 Å². The van der Waals surface area contributed by atoms with Gasteiger partial charge in [-0.05, 0) is 37.2 Å². The van der Waals surface area contributed by atoms with E-state index in [1.54, 1.807) is 12.1 Å². The molecular formula is C10H13ClFN. The Hall–Kier alpha value is -0.600. The third-order valence-corrected chi connectivity index (χ3v) is 2.24. The maximum atomic E-state index is 12.7. The monoisotopic (exact) mass is 201 g/mol. The Kier molecular flexibility index (Phi) is 3.70. The second kappa shape index (κ2) is 4.58. The van der Waals surface area contributed by atoms with Gasteiger partial charge in [0.1, 0.15) is 5.82 Å². The topological polar surface area (TPSA) is 3.24 Å². The summed E-state index contributed by atoms with van der Waals surface area (Å²) < 4.78 is 12.7. The van der Waals surface area contributed by atoms with Gasteiger partial charge in [-0.25, -0.2) is 4.39 Å². The third-order valence-electron chi connectivity index (χ3n) is 2.24. The van der Waals surface area contributed by atoms with Crippen LogP contribution in [0.15, 0.2) is 24.3 Å². The minimum atomic E-state index is -0.131. The van der Waals surface area contributed by atoms with Gasteiger partial charge in [-0.2, -0.15) is 0 Å². The molecule has 13 heavy (non-hydrogen) atoms. The first-order valence-corrected chi connectivity index (χ1v) is 4.31. The van der Waals surface area contributed by atoms with Crippen molar-refractivity contribution in [2.24, 2.45) is 0 Å². The van der Waals surface area contributed by atoms with Crippen molar-refractivity contribution in [1.29, 1.82) is 0 Å². The van der Waals surface area contributed by atoms with Crippen LogP contribution >= 0.6 is 12.4 Å². The Balaban J connectivity index is 0.000000845. The molecule has 1 aromatic rings. The second-order valence-corrected chi connectivity index (χ2v) is 3.26. The van der Waals surface area contributed by atoms with Gasteiger partial charge in [0, 0.05) is 6.54 Å². The lowest BCUT2D eigenvalue weighted by atomic mass is 10.1. The van der Waals surface area contributed by atoms with E-state index in [9.17, 15) is 4.39 Å². The zero-order valence-corrected chi connectivity index (χ0v) is 8.19. The standard InChI is InChI=1S/C10H12FN.ClH/c11-10-4-1-3-9(7-10)8-12-5-2-6-12;/h1,3-4,7H,2,5-6,8H2;1H. The number of likely N-dealkylation sites (tertiary alicyclic amines) is 1. The summed E-state index contributed by atoms with van der Waals surface area (Å²) in [5, 5.41) is 0. The lowest BCUT2D eigenvalue weighted by molar-refractivity contribution is 0.172. The molecule has 0 amide bonds. The van der Waals surface area contributed by atoms with E-state index in [4.69, 9.17) is 0 Å². The Labute approximate surface area is 84.0 Å². The van der Waals surface area contributed by atoms with Gasteiger partial charge >= 0.3 is 0 Å². The summed E-state index contributed by atoms with van der Waals surface area (Å²) in [5.41, 5.74) is 1.08. The number of nitrogens with zero attached hydrogens (tertiary/aromatic N) is 1. The smallest absolute Gasteiger partial charge is 0.123 e. The summed E-state index contributed by atoms with van der Waals surface area (Å²) in [6.07, 6.45) is 1.29. The minimum Gasteiger partial charge on any atom is -0.299 e. The van der Waals surface area contributed by atoms with Crippen LogP contribution < -0.4 is 0 Å². The molecule has 1 heterocycles. The zero-order valence-electron chi connectivity index (χ0n) is 7.37. The minimum absolute atomic E-state index is 0. The average molecular weight is 202 g/mol. The molecule has 0 atom stereocenters. The van der Waals surface area contributed by atoms with Gasteiger partial charge in [0.25, 0.3) is 0 Å². The molecule has 0 aromatic heterocycles. The molecule has 72 valence electrons. The zero-order chi connectivity index (χ0) is 8.39. The van der Waals surface area contributed by atoms with E-state index in [2.05, 4.69) is 4.90 Å². The summed E-state index contributed by atoms with van der Waals surface area (Å²) in [6, 6.07) is 6.84. The van der Waals surface area contributed by atoms with Crippen molar-refractivity contribution in [3.05, 3.63) is 35.6 Å². The molecule has 3 heteroatoms. The Morgan fingerprint density at radius 1 is 1.31 bits per heavy atom. The van der Waals surface area contributed by atoms with E-state index in [0.717, 1.165) is 25.2 Å². The predicted molar refractivity (Wildman–Crippen MR) is 53.5 cm³/mol.